The van der Waals surface area contributed by atoms with Gasteiger partial charge in [-0.1, -0.05) is 51.5 Å². The van der Waals surface area contributed by atoms with Crippen molar-refractivity contribution in [1.82, 2.24) is 0 Å². The van der Waals surface area contributed by atoms with Crippen molar-refractivity contribution in [2.75, 3.05) is 19.8 Å². The molecule has 0 N–H and O–H groups in total. The molecule has 0 aromatic heterocycles. The third kappa shape index (κ3) is 10.2. The second-order valence-corrected chi connectivity index (χ2v) is 6.32. The molecular weight excluding hydrogens is 288 g/mol. The van der Waals surface area contributed by atoms with Gasteiger partial charge in [0.2, 0.25) is 0 Å². The van der Waals surface area contributed by atoms with Crippen molar-refractivity contribution in [3.8, 4) is 0 Å². The lowest BCUT2D eigenvalue weighted by molar-refractivity contribution is -0.256. The molecule has 1 aliphatic rings. The third-order valence-corrected chi connectivity index (χ3v) is 4.21. The smallest absolute Gasteiger partial charge is 0.170 e. The van der Waals surface area contributed by atoms with Gasteiger partial charge in [-0.15, -0.1) is 6.58 Å². The lowest BCUT2D eigenvalue weighted by Gasteiger charge is -2.36. The molecule has 138 valence electrons. The first-order valence-corrected chi connectivity index (χ1v) is 9.56. The minimum atomic E-state index is -0.478. The highest BCUT2D eigenvalue weighted by Crippen LogP contribution is 2.37. The standard InChI is InChI=1S/C17H34O3.C3H6/c1-5-8-9-10-11-12-13-15(16-14-18-16)17(4,19-6-2)20-7-3;1-3-2/h15-16H,5-14H2,1-4H3;3H,1H2,2H3. The molecule has 3 heteroatoms. The van der Waals surface area contributed by atoms with E-state index in [4.69, 9.17) is 14.2 Å². The number of ether oxygens (including phenoxy) is 3. The normalized spacial score (nSPS) is 18.0. The molecule has 1 aliphatic heterocycles. The van der Waals surface area contributed by atoms with Crippen LogP contribution in [0.25, 0.3) is 0 Å². The minimum absolute atomic E-state index is 0.341. The van der Waals surface area contributed by atoms with Crippen LogP contribution in [0.15, 0.2) is 12.7 Å². The molecule has 0 bridgehead atoms. The van der Waals surface area contributed by atoms with E-state index in [1.54, 1.807) is 6.08 Å². The Labute approximate surface area is 144 Å². The second kappa shape index (κ2) is 14.0. The van der Waals surface area contributed by atoms with E-state index in [1.165, 1.54) is 38.5 Å². The van der Waals surface area contributed by atoms with Crippen molar-refractivity contribution in [2.45, 2.75) is 91.5 Å². The predicted molar refractivity (Wildman–Crippen MR) is 98.8 cm³/mol. The van der Waals surface area contributed by atoms with Crippen molar-refractivity contribution in [3.63, 3.8) is 0 Å². The van der Waals surface area contributed by atoms with Crippen LogP contribution in [0.2, 0.25) is 0 Å². The highest BCUT2D eigenvalue weighted by Gasteiger charge is 2.46. The van der Waals surface area contributed by atoms with Crippen LogP contribution < -0.4 is 0 Å². The Morgan fingerprint density at radius 1 is 1.09 bits per heavy atom. The fourth-order valence-corrected chi connectivity index (χ4v) is 3.05. The van der Waals surface area contributed by atoms with Gasteiger partial charge in [-0.05, 0) is 34.1 Å². The maximum atomic E-state index is 5.93. The quantitative estimate of drug-likeness (QED) is 0.187. The molecule has 0 aromatic carbocycles. The van der Waals surface area contributed by atoms with Gasteiger partial charge < -0.3 is 14.2 Å². The van der Waals surface area contributed by atoms with Gasteiger partial charge in [0.05, 0.1) is 12.7 Å². The number of unbranched alkanes of at least 4 members (excludes halogenated alkanes) is 5. The summed E-state index contributed by atoms with van der Waals surface area (Å²) in [6.07, 6.45) is 11.2. The van der Waals surface area contributed by atoms with Gasteiger partial charge in [0.1, 0.15) is 0 Å². The van der Waals surface area contributed by atoms with Crippen molar-refractivity contribution >= 4 is 0 Å². The number of allylic oxidation sites excluding steroid dienone is 1. The molecule has 0 radical (unpaired) electrons. The van der Waals surface area contributed by atoms with Gasteiger partial charge in [0.25, 0.3) is 0 Å². The molecule has 1 fully saturated rings. The Balaban J connectivity index is 0.00000149. The van der Waals surface area contributed by atoms with Crippen molar-refractivity contribution < 1.29 is 14.2 Å². The highest BCUT2D eigenvalue weighted by molar-refractivity contribution is 4.88. The van der Waals surface area contributed by atoms with Crippen LogP contribution in [0.5, 0.6) is 0 Å². The first-order chi connectivity index (χ1) is 11.1. The number of hydrogen-bond donors (Lipinski definition) is 0. The molecule has 0 amide bonds. The number of hydrogen-bond acceptors (Lipinski definition) is 3. The van der Waals surface area contributed by atoms with Gasteiger partial charge >= 0.3 is 0 Å². The molecule has 0 saturated carbocycles. The molecule has 1 saturated heterocycles. The lowest BCUT2D eigenvalue weighted by atomic mass is 9.89. The molecule has 3 nitrogen and oxygen atoms in total. The van der Waals surface area contributed by atoms with E-state index in [-0.39, 0.29) is 0 Å². The molecular formula is C20H40O3. The maximum absolute atomic E-state index is 5.93. The summed E-state index contributed by atoms with van der Waals surface area (Å²) >= 11 is 0. The fraction of sp³-hybridized carbons (Fsp3) is 0.900. The summed E-state index contributed by atoms with van der Waals surface area (Å²) in [6, 6.07) is 0. The highest BCUT2D eigenvalue weighted by atomic mass is 16.7. The van der Waals surface area contributed by atoms with Gasteiger partial charge in [0, 0.05) is 19.1 Å². The lowest BCUT2D eigenvalue weighted by Crippen LogP contribution is -2.43. The SMILES string of the molecule is C=CC.CCCCCCCCC(C1CO1)C(C)(OCC)OCC. The molecule has 1 heterocycles. The van der Waals surface area contributed by atoms with Crippen LogP contribution in [0, 0.1) is 5.92 Å². The van der Waals surface area contributed by atoms with Gasteiger partial charge in [0.15, 0.2) is 5.79 Å². The zero-order valence-electron chi connectivity index (χ0n) is 16.2. The van der Waals surface area contributed by atoms with E-state index in [1.807, 2.05) is 20.8 Å². The van der Waals surface area contributed by atoms with Crippen molar-refractivity contribution in [2.24, 2.45) is 5.92 Å². The molecule has 0 aromatic rings. The number of rotatable bonds is 13. The maximum Gasteiger partial charge on any atom is 0.170 e. The molecule has 1 rings (SSSR count). The van der Waals surface area contributed by atoms with E-state index in [0.717, 1.165) is 13.0 Å². The minimum Gasteiger partial charge on any atom is -0.373 e. The summed E-state index contributed by atoms with van der Waals surface area (Å²) < 4.78 is 17.4. The van der Waals surface area contributed by atoms with E-state index >= 15 is 0 Å². The first-order valence-electron chi connectivity index (χ1n) is 9.56. The van der Waals surface area contributed by atoms with Gasteiger partial charge in [-0.25, -0.2) is 0 Å². The topological polar surface area (TPSA) is 31.0 Å². The summed E-state index contributed by atoms with van der Waals surface area (Å²) in [5.41, 5.74) is 0. The number of epoxide rings is 1. The van der Waals surface area contributed by atoms with Crippen LogP contribution in [0.1, 0.15) is 79.6 Å². The average Bonchev–Trinajstić information content (AvgIpc) is 3.32. The monoisotopic (exact) mass is 328 g/mol. The summed E-state index contributed by atoms with van der Waals surface area (Å²) in [6.45, 7) is 15.9. The Bertz CT molecular complexity index is 268. The summed E-state index contributed by atoms with van der Waals surface area (Å²) in [7, 11) is 0. The van der Waals surface area contributed by atoms with Crippen LogP contribution in [0.4, 0.5) is 0 Å². The Morgan fingerprint density at radius 2 is 1.57 bits per heavy atom. The predicted octanol–water partition coefficient (Wildman–Crippen LogP) is 5.73. The zero-order valence-corrected chi connectivity index (χ0v) is 16.2. The summed E-state index contributed by atoms with van der Waals surface area (Å²) in [5.74, 6) is -0.109. The summed E-state index contributed by atoms with van der Waals surface area (Å²) in [4.78, 5) is 0. The van der Waals surface area contributed by atoms with Gasteiger partial charge in [-0.3, -0.25) is 0 Å². The molecule has 0 aliphatic carbocycles. The Hall–Kier alpha value is -0.380. The van der Waals surface area contributed by atoms with Crippen LogP contribution in [0.3, 0.4) is 0 Å². The van der Waals surface area contributed by atoms with E-state index in [0.29, 0.717) is 25.2 Å². The molecule has 0 spiro atoms. The van der Waals surface area contributed by atoms with E-state index < -0.39 is 5.79 Å². The van der Waals surface area contributed by atoms with Crippen molar-refractivity contribution in [3.05, 3.63) is 12.7 Å². The molecule has 2 atom stereocenters. The van der Waals surface area contributed by atoms with Crippen LogP contribution in [-0.4, -0.2) is 31.7 Å². The molecule has 23 heavy (non-hydrogen) atoms. The van der Waals surface area contributed by atoms with Crippen LogP contribution in [-0.2, 0) is 14.2 Å². The average molecular weight is 329 g/mol. The van der Waals surface area contributed by atoms with Gasteiger partial charge in [-0.2, -0.15) is 0 Å². The Kier molecular flexibility index (Phi) is 13.8. The fourth-order valence-electron chi connectivity index (χ4n) is 3.05. The second-order valence-electron chi connectivity index (χ2n) is 6.32. The third-order valence-electron chi connectivity index (χ3n) is 4.21. The largest absolute Gasteiger partial charge is 0.373 e. The Morgan fingerprint density at radius 3 is 2.00 bits per heavy atom. The van der Waals surface area contributed by atoms with Crippen LogP contribution >= 0.6 is 0 Å². The first kappa shape index (κ1) is 22.6. The summed E-state index contributed by atoms with van der Waals surface area (Å²) in [5, 5.41) is 0. The zero-order chi connectivity index (χ0) is 17.6. The van der Waals surface area contributed by atoms with E-state index in [9.17, 15) is 0 Å². The van der Waals surface area contributed by atoms with E-state index in [2.05, 4.69) is 20.4 Å². The van der Waals surface area contributed by atoms with Crippen molar-refractivity contribution in [1.29, 1.82) is 0 Å². The molecule has 2 unspecified atom stereocenters.